The van der Waals surface area contributed by atoms with Crippen molar-refractivity contribution in [3.8, 4) is 0 Å². The van der Waals surface area contributed by atoms with Crippen LogP contribution in [0.2, 0.25) is 0 Å². The molecule has 0 bridgehead atoms. The Labute approximate surface area is 210 Å². The topological polar surface area (TPSA) is 131 Å². The monoisotopic (exact) mass is 520 g/mol. The molecule has 37 heavy (non-hydrogen) atoms. The highest BCUT2D eigenvalue weighted by atomic mass is 19.4. The lowest BCUT2D eigenvalue weighted by Gasteiger charge is -2.40. The van der Waals surface area contributed by atoms with Crippen LogP contribution < -0.4 is 10.6 Å². The number of amides is 3. The SMILES string of the molecule is CN1CCN(C(=O)NCCNC(=O)c2n[nH]c3ccccc23)C(c2ccccc2)C1.O=C(O)C(F)(F)F. The molecule has 3 aromatic rings. The lowest BCUT2D eigenvalue weighted by molar-refractivity contribution is -0.192. The van der Waals surface area contributed by atoms with Crippen LogP contribution in [0.15, 0.2) is 54.6 Å². The van der Waals surface area contributed by atoms with Gasteiger partial charge in [0.2, 0.25) is 0 Å². The average Bonchev–Trinajstić information content (AvgIpc) is 3.31. The summed E-state index contributed by atoms with van der Waals surface area (Å²) in [6, 6.07) is 17.5. The minimum Gasteiger partial charge on any atom is -0.475 e. The van der Waals surface area contributed by atoms with E-state index >= 15 is 0 Å². The van der Waals surface area contributed by atoms with E-state index < -0.39 is 12.1 Å². The Bertz CT molecular complexity index is 1220. The molecule has 1 unspecified atom stereocenters. The van der Waals surface area contributed by atoms with E-state index in [2.05, 4.69) is 44.9 Å². The normalized spacial score (nSPS) is 16.0. The molecule has 4 rings (SSSR count). The second-order valence-electron chi connectivity index (χ2n) is 8.29. The zero-order valence-corrected chi connectivity index (χ0v) is 20.0. The summed E-state index contributed by atoms with van der Waals surface area (Å²) in [5.74, 6) is -3.02. The molecule has 1 atom stereocenters. The number of para-hydroxylation sites is 1. The summed E-state index contributed by atoms with van der Waals surface area (Å²) in [4.78, 5) is 38.2. The van der Waals surface area contributed by atoms with Crippen molar-refractivity contribution in [2.45, 2.75) is 12.2 Å². The molecule has 10 nitrogen and oxygen atoms in total. The number of halogens is 3. The number of aliphatic carboxylic acids is 1. The van der Waals surface area contributed by atoms with Gasteiger partial charge in [-0.2, -0.15) is 18.3 Å². The van der Waals surface area contributed by atoms with E-state index in [1.807, 2.05) is 47.4 Å². The molecule has 2 heterocycles. The van der Waals surface area contributed by atoms with Crippen molar-refractivity contribution in [3.05, 3.63) is 65.9 Å². The van der Waals surface area contributed by atoms with Gasteiger partial charge in [-0.05, 0) is 18.7 Å². The number of piperazine rings is 1. The Balaban J connectivity index is 0.000000479. The van der Waals surface area contributed by atoms with Crippen LogP contribution in [0.5, 0.6) is 0 Å². The van der Waals surface area contributed by atoms with Gasteiger partial charge in [-0.1, -0.05) is 48.5 Å². The number of nitrogens with one attached hydrogen (secondary N) is 3. The number of alkyl halides is 3. The van der Waals surface area contributed by atoms with Crippen LogP contribution in [0.1, 0.15) is 22.1 Å². The van der Waals surface area contributed by atoms with Crippen LogP contribution in [0.25, 0.3) is 10.9 Å². The van der Waals surface area contributed by atoms with E-state index in [-0.39, 0.29) is 18.0 Å². The fourth-order valence-corrected chi connectivity index (χ4v) is 3.79. The van der Waals surface area contributed by atoms with Crippen molar-refractivity contribution in [1.82, 2.24) is 30.6 Å². The molecule has 13 heteroatoms. The Kier molecular flexibility index (Phi) is 9.06. The third-order valence-electron chi connectivity index (χ3n) is 5.64. The lowest BCUT2D eigenvalue weighted by Crippen LogP contribution is -2.53. The van der Waals surface area contributed by atoms with Gasteiger partial charge in [-0.25, -0.2) is 9.59 Å². The van der Waals surface area contributed by atoms with Crippen molar-refractivity contribution < 1.29 is 32.7 Å². The molecule has 1 aliphatic heterocycles. The van der Waals surface area contributed by atoms with E-state index in [0.29, 0.717) is 25.3 Å². The maximum atomic E-state index is 12.8. The second kappa shape index (κ2) is 12.2. The van der Waals surface area contributed by atoms with Gasteiger partial charge >= 0.3 is 18.2 Å². The highest BCUT2D eigenvalue weighted by Crippen LogP contribution is 2.24. The molecule has 0 radical (unpaired) electrons. The van der Waals surface area contributed by atoms with Crippen molar-refractivity contribution in [3.63, 3.8) is 0 Å². The Hall–Kier alpha value is -4.13. The molecule has 4 N–H and O–H groups in total. The summed E-state index contributed by atoms with van der Waals surface area (Å²) < 4.78 is 31.7. The molecule has 198 valence electrons. The summed E-state index contributed by atoms with van der Waals surface area (Å²) in [6.07, 6.45) is -5.08. The minimum absolute atomic E-state index is 0.00922. The molecular formula is C24H27F3N6O4. The molecule has 1 saturated heterocycles. The number of carbonyl (C=O) groups excluding carboxylic acids is 2. The van der Waals surface area contributed by atoms with Crippen LogP contribution >= 0.6 is 0 Å². The summed E-state index contributed by atoms with van der Waals surface area (Å²) in [5.41, 5.74) is 2.30. The number of carbonyl (C=O) groups is 3. The van der Waals surface area contributed by atoms with Crippen molar-refractivity contribution >= 4 is 28.8 Å². The molecule has 0 aliphatic carbocycles. The smallest absolute Gasteiger partial charge is 0.475 e. The molecule has 3 amide bonds. The van der Waals surface area contributed by atoms with Gasteiger partial charge in [0, 0.05) is 38.1 Å². The second-order valence-corrected chi connectivity index (χ2v) is 8.29. The van der Waals surface area contributed by atoms with Crippen LogP contribution in [-0.2, 0) is 4.79 Å². The summed E-state index contributed by atoms with van der Waals surface area (Å²) in [7, 11) is 2.07. The van der Waals surface area contributed by atoms with Gasteiger partial charge in [0.15, 0.2) is 5.69 Å². The van der Waals surface area contributed by atoms with E-state index in [1.165, 1.54) is 0 Å². The van der Waals surface area contributed by atoms with Crippen LogP contribution in [0.3, 0.4) is 0 Å². The molecule has 2 aromatic carbocycles. The van der Waals surface area contributed by atoms with Crippen LogP contribution in [-0.4, -0.2) is 89.0 Å². The number of carboxylic acid groups (broad SMARTS) is 1. The number of nitrogens with zero attached hydrogens (tertiary/aromatic N) is 3. The first kappa shape index (κ1) is 27.5. The fourth-order valence-electron chi connectivity index (χ4n) is 3.79. The number of aromatic nitrogens is 2. The summed E-state index contributed by atoms with van der Waals surface area (Å²) in [5, 5.41) is 20.6. The lowest BCUT2D eigenvalue weighted by atomic mass is 10.0. The maximum absolute atomic E-state index is 12.8. The van der Waals surface area contributed by atoms with Gasteiger partial charge in [-0.15, -0.1) is 0 Å². The number of likely N-dealkylation sites (N-methyl/N-ethyl adjacent to an activating group) is 1. The van der Waals surface area contributed by atoms with Crippen molar-refractivity contribution in [2.24, 2.45) is 0 Å². The Morgan fingerprint density at radius 2 is 1.65 bits per heavy atom. The van der Waals surface area contributed by atoms with Crippen LogP contribution in [0, 0.1) is 0 Å². The van der Waals surface area contributed by atoms with E-state index in [4.69, 9.17) is 9.90 Å². The number of aromatic amines is 1. The predicted molar refractivity (Wildman–Crippen MR) is 129 cm³/mol. The number of H-pyrrole nitrogens is 1. The van der Waals surface area contributed by atoms with Crippen LogP contribution in [0.4, 0.5) is 18.0 Å². The van der Waals surface area contributed by atoms with Crippen molar-refractivity contribution in [2.75, 3.05) is 39.8 Å². The number of carboxylic acids is 1. The maximum Gasteiger partial charge on any atom is 0.490 e. The van der Waals surface area contributed by atoms with Gasteiger partial charge in [0.05, 0.1) is 11.6 Å². The first-order valence-corrected chi connectivity index (χ1v) is 11.4. The van der Waals surface area contributed by atoms with Gasteiger partial charge < -0.3 is 25.5 Å². The van der Waals surface area contributed by atoms with Gasteiger partial charge in [-0.3, -0.25) is 9.89 Å². The number of hydrogen-bond acceptors (Lipinski definition) is 5. The Morgan fingerprint density at radius 1 is 1.03 bits per heavy atom. The van der Waals surface area contributed by atoms with E-state index in [9.17, 15) is 22.8 Å². The van der Waals surface area contributed by atoms with E-state index in [0.717, 1.165) is 29.6 Å². The number of rotatable bonds is 5. The molecule has 1 aliphatic rings. The van der Waals surface area contributed by atoms with Crippen molar-refractivity contribution in [1.29, 1.82) is 0 Å². The number of fused-ring (bicyclic) bond motifs is 1. The quantitative estimate of drug-likeness (QED) is 0.383. The Morgan fingerprint density at radius 3 is 2.32 bits per heavy atom. The highest BCUT2D eigenvalue weighted by molar-refractivity contribution is 6.04. The summed E-state index contributed by atoms with van der Waals surface area (Å²) >= 11 is 0. The number of urea groups is 1. The molecular weight excluding hydrogens is 493 g/mol. The largest absolute Gasteiger partial charge is 0.490 e. The highest BCUT2D eigenvalue weighted by Gasteiger charge is 2.38. The molecule has 0 saturated carbocycles. The standard InChI is InChI=1S/C22H26N6O2.C2HF3O2/c1-27-13-14-28(19(15-27)16-7-3-2-4-8-16)22(30)24-12-11-23-21(29)20-17-9-5-6-10-18(17)25-26-20;3-2(4,5)1(6)7/h2-10,19H,11-15H2,1H3,(H,23,29)(H,24,30)(H,25,26);(H,6,7). The molecule has 1 aromatic heterocycles. The number of benzene rings is 2. The minimum atomic E-state index is -5.08. The molecule has 0 spiro atoms. The first-order chi connectivity index (χ1) is 17.6. The fraction of sp³-hybridized carbons (Fsp3) is 0.333. The third-order valence-corrected chi connectivity index (χ3v) is 5.64. The molecule has 1 fully saturated rings. The average molecular weight is 521 g/mol. The van der Waals surface area contributed by atoms with Gasteiger partial charge in [0.25, 0.3) is 5.91 Å². The van der Waals surface area contributed by atoms with E-state index in [1.54, 1.807) is 0 Å². The number of hydrogen-bond donors (Lipinski definition) is 4. The third kappa shape index (κ3) is 7.43. The first-order valence-electron chi connectivity index (χ1n) is 11.4. The zero-order valence-electron chi connectivity index (χ0n) is 20.0. The van der Waals surface area contributed by atoms with Gasteiger partial charge in [0.1, 0.15) is 0 Å². The zero-order chi connectivity index (χ0) is 27.0. The summed E-state index contributed by atoms with van der Waals surface area (Å²) in [6.45, 7) is 2.96. The predicted octanol–water partition coefficient (Wildman–Crippen LogP) is 2.62.